The maximum Gasteiger partial charge on any atom is 0.265 e. The number of sulfonamides is 1. The summed E-state index contributed by atoms with van der Waals surface area (Å²) in [6.45, 7) is 2.15. The maximum absolute atomic E-state index is 12.5. The number of aryl methyl sites for hydroxylation is 1. The van der Waals surface area contributed by atoms with Gasteiger partial charge in [0.05, 0.1) is 6.61 Å². The largest absolute Gasteiger partial charge is 0.507 e. The quantitative estimate of drug-likeness (QED) is 0.730. The van der Waals surface area contributed by atoms with E-state index in [9.17, 15) is 17.7 Å². The van der Waals surface area contributed by atoms with Gasteiger partial charge >= 0.3 is 0 Å². The second kappa shape index (κ2) is 8.46. The Hall–Kier alpha value is -1.90. The van der Waals surface area contributed by atoms with Gasteiger partial charge in [0.2, 0.25) is 0 Å². The lowest BCUT2D eigenvalue weighted by atomic mass is 10.2. The summed E-state index contributed by atoms with van der Waals surface area (Å²) in [6, 6.07) is 11.1. The van der Waals surface area contributed by atoms with Gasteiger partial charge in [-0.05, 0) is 42.3 Å². The smallest absolute Gasteiger partial charge is 0.265 e. The number of rotatable bonds is 8. The Bertz CT molecular complexity index is 865. The monoisotopic (exact) mass is 383 g/mol. The van der Waals surface area contributed by atoms with Crippen LogP contribution in [0.4, 0.5) is 5.69 Å². The molecule has 6 nitrogen and oxygen atoms in total. The van der Waals surface area contributed by atoms with Crippen molar-refractivity contribution in [3.63, 3.8) is 0 Å². The highest BCUT2D eigenvalue weighted by atomic mass is 32.2. The molecule has 1 atom stereocenters. The van der Waals surface area contributed by atoms with Crippen molar-refractivity contribution in [2.45, 2.75) is 17.6 Å². The van der Waals surface area contributed by atoms with Gasteiger partial charge in [0.15, 0.2) is 0 Å². The second-order valence-corrected chi connectivity index (χ2v) is 8.79. The van der Waals surface area contributed by atoms with Gasteiger partial charge in [-0.3, -0.25) is 8.93 Å². The molecule has 0 saturated heterocycles. The number of methoxy groups -OCH3 is 1. The molecule has 25 heavy (non-hydrogen) atoms. The Morgan fingerprint density at radius 3 is 2.68 bits per heavy atom. The zero-order chi connectivity index (χ0) is 18.4. The average molecular weight is 383 g/mol. The molecule has 1 unspecified atom stereocenters. The topological polar surface area (TPSA) is 92.7 Å². The number of phenolic OH excluding ortho intramolecular Hbond substituents is 1. The zero-order valence-corrected chi connectivity index (χ0v) is 15.7. The molecule has 8 heteroatoms. The van der Waals surface area contributed by atoms with Crippen molar-refractivity contribution in [3.8, 4) is 5.75 Å². The van der Waals surface area contributed by atoms with Crippen LogP contribution in [0.15, 0.2) is 47.4 Å². The molecule has 2 N–H and O–H groups in total. The van der Waals surface area contributed by atoms with Gasteiger partial charge in [0, 0.05) is 35.1 Å². The Morgan fingerprint density at radius 2 is 1.96 bits per heavy atom. The summed E-state index contributed by atoms with van der Waals surface area (Å²) in [5.41, 5.74) is 1.82. The van der Waals surface area contributed by atoms with E-state index in [0.717, 1.165) is 11.1 Å². The minimum Gasteiger partial charge on any atom is -0.507 e. The van der Waals surface area contributed by atoms with Crippen molar-refractivity contribution in [1.82, 2.24) is 0 Å². The van der Waals surface area contributed by atoms with Crippen LogP contribution in [-0.4, -0.2) is 37.2 Å². The van der Waals surface area contributed by atoms with Gasteiger partial charge in [0.25, 0.3) is 10.0 Å². The molecular weight excluding hydrogens is 362 g/mol. The van der Waals surface area contributed by atoms with Gasteiger partial charge in [-0.1, -0.05) is 18.2 Å². The van der Waals surface area contributed by atoms with Crippen molar-refractivity contribution in [1.29, 1.82) is 0 Å². The molecule has 0 aliphatic rings. The van der Waals surface area contributed by atoms with E-state index in [1.807, 2.05) is 0 Å². The summed E-state index contributed by atoms with van der Waals surface area (Å²) in [5.74, 6) is 0.424. The minimum atomic E-state index is -3.92. The average Bonchev–Trinajstić information content (AvgIpc) is 2.55. The standard InChI is InChI=1S/C17H21NO5S2/c1-13-6-7-16(19)17(10-13)25(21,22)18-15-5-3-4-14(11-15)12-24(20)9-8-23-2/h3-7,10-11,18-19H,8-9,12H2,1-2H3. The van der Waals surface area contributed by atoms with Crippen LogP contribution < -0.4 is 4.72 Å². The molecule has 2 rings (SSSR count). The van der Waals surface area contributed by atoms with Crippen molar-refractivity contribution in [2.75, 3.05) is 24.2 Å². The van der Waals surface area contributed by atoms with Crippen LogP contribution in [-0.2, 0) is 31.3 Å². The minimum absolute atomic E-state index is 0.179. The number of aromatic hydroxyl groups is 1. The molecular formula is C17H21NO5S2. The van der Waals surface area contributed by atoms with E-state index in [-0.39, 0.29) is 10.6 Å². The van der Waals surface area contributed by atoms with Gasteiger partial charge < -0.3 is 9.84 Å². The first-order valence-electron chi connectivity index (χ1n) is 7.57. The number of ether oxygens (including phenoxy) is 1. The van der Waals surface area contributed by atoms with Crippen LogP contribution >= 0.6 is 0 Å². The van der Waals surface area contributed by atoms with E-state index in [4.69, 9.17) is 4.74 Å². The molecule has 0 spiro atoms. The molecule has 0 saturated carbocycles. The van der Waals surface area contributed by atoms with Crippen molar-refractivity contribution in [3.05, 3.63) is 53.6 Å². The first-order chi connectivity index (χ1) is 11.8. The summed E-state index contributed by atoms with van der Waals surface area (Å²) < 4.78 is 44.3. The maximum atomic E-state index is 12.5. The van der Waals surface area contributed by atoms with Gasteiger partial charge in [-0.25, -0.2) is 8.42 Å². The number of hydrogen-bond donors (Lipinski definition) is 2. The number of anilines is 1. The molecule has 136 valence electrons. The van der Waals surface area contributed by atoms with Crippen LogP contribution in [0.2, 0.25) is 0 Å². The third-order valence-corrected chi connectivity index (χ3v) is 6.11. The van der Waals surface area contributed by atoms with E-state index in [1.165, 1.54) is 12.1 Å². The number of benzene rings is 2. The van der Waals surface area contributed by atoms with Crippen LogP contribution in [0.25, 0.3) is 0 Å². The number of hydrogen-bond acceptors (Lipinski definition) is 5. The summed E-state index contributed by atoms with van der Waals surface area (Å²) in [7, 11) is -3.46. The molecule has 0 bridgehead atoms. The van der Waals surface area contributed by atoms with E-state index >= 15 is 0 Å². The van der Waals surface area contributed by atoms with Crippen LogP contribution in [0, 0.1) is 6.92 Å². The lowest BCUT2D eigenvalue weighted by molar-refractivity contribution is 0.218. The van der Waals surface area contributed by atoms with Gasteiger partial charge in [-0.15, -0.1) is 0 Å². The van der Waals surface area contributed by atoms with Crippen LogP contribution in [0.5, 0.6) is 5.75 Å². The number of phenols is 1. The van der Waals surface area contributed by atoms with E-state index < -0.39 is 20.8 Å². The SMILES string of the molecule is COCCS(=O)Cc1cccc(NS(=O)(=O)c2cc(C)ccc2O)c1. The Kier molecular flexibility index (Phi) is 6.57. The van der Waals surface area contributed by atoms with Gasteiger partial charge in [-0.2, -0.15) is 0 Å². The summed E-state index contributed by atoms with van der Waals surface area (Å²) >= 11 is 0. The third-order valence-electron chi connectivity index (χ3n) is 3.43. The highest BCUT2D eigenvalue weighted by Crippen LogP contribution is 2.26. The lowest BCUT2D eigenvalue weighted by Gasteiger charge is -2.11. The summed E-state index contributed by atoms with van der Waals surface area (Å²) in [5, 5.41) is 9.83. The molecule has 0 aromatic heterocycles. The molecule has 0 heterocycles. The molecule has 0 aliphatic carbocycles. The first-order valence-corrected chi connectivity index (χ1v) is 10.5. The van der Waals surface area contributed by atoms with Crippen LogP contribution in [0.1, 0.15) is 11.1 Å². The molecule has 0 radical (unpaired) electrons. The fourth-order valence-corrected chi connectivity index (χ4v) is 4.49. The first kappa shape index (κ1) is 19.4. The predicted octanol–water partition coefficient (Wildman–Crippen LogP) is 2.40. The zero-order valence-electron chi connectivity index (χ0n) is 14.1. The Morgan fingerprint density at radius 1 is 1.20 bits per heavy atom. The molecule has 0 amide bonds. The van der Waals surface area contributed by atoms with E-state index in [2.05, 4.69) is 4.72 Å². The molecule has 0 fully saturated rings. The van der Waals surface area contributed by atoms with Crippen molar-refractivity contribution >= 4 is 26.5 Å². The molecule has 2 aromatic carbocycles. The second-order valence-electron chi connectivity index (χ2n) is 5.56. The van der Waals surface area contributed by atoms with E-state index in [1.54, 1.807) is 44.4 Å². The van der Waals surface area contributed by atoms with Crippen molar-refractivity contribution < 1.29 is 22.5 Å². The Labute approximate surface area is 150 Å². The van der Waals surface area contributed by atoms with E-state index in [0.29, 0.717) is 23.8 Å². The number of nitrogens with one attached hydrogen (secondary N) is 1. The normalized spacial score (nSPS) is 12.7. The fraction of sp³-hybridized carbons (Fsp3) is 0.294. The molecule has 2 aromatic rings. The van der Waals surface area contributed by atoms with Crippen molar-refractivity contribution in [2.24, 2.45) is 0 Å². The summed E-state index contributed by atoms with van der Waals surface area (Å²) in [6.07, 6.45) is 0. The summed E-state index contributed by atoms with van der Waals surface area (Å²) in [4.78, 5) is -0.179. The Balaban J connectivity index is 2.18. The van der Waals surface area contributed by atoms with Gasteiger partial charge in [0.1, 0.15) is 10.6 Å². The highest BCUT2D eigenvalue weighted by molar-refractivity contribution is 7.92. The van der Waals surface area contributed by atoms with Crippen LogP contribution in [0.3, 0.4) is 0 Å². The lowest BCUT2D eigenvalue weighted by Crippen LogP contribution is -2.13. The highest BCUT2D eigenvalue weighted by Gasteiger charge is 2.19. The predicted molar refractivity (Wildman–Crippen MR) is 98.7 cm³/mol. The molecule has 0 aliphatic heterocycles. The third kappa shape index (κ3) is 5.55. The fourth-order valence-electron chi connectivity index (χ4n) is 2.21.